The minimum atomic E-state index is -0.700. The zero-order valence-corrected chi connectivity index (χ0v) is 15.2. The van der Waals surface area contributed by atoms with Crippen LogP contribution in [0, 0.1) is 11.6 Å². The summed E-state index contributed by atoms with van der Waals surface area (Å²) in [7, 11) is 2.92. The number of benzene rings is 2. The van der Waals surface area contributed by atoms with E-state index in [0.29, 0.717) is 22.6 Å². The summed E-state index contributed by atoms with van der Waals surface area (Å²) in [5.41, 5.74) is 0.876. The fourth-order valence-electron chi connectivity index (χ4n) is 2.93. The zero-order valence-electron chi connectivity index (χ0n) is 15.2. The first-order valence-corrected chi connectivity index (χ1v) is 8.27. The summed E-state index contributed by atoms with van der Waals surface area (Å²) in [6, 6.07) is 8.10. The lowest BCUT2D eigenvalue weighted by Crippen LogP contribution is -2.24. The fourth-order valence-corrected chi connectivity index (χ4v) is 2.93. The summed E-state index contributed by atoms with van der Waals surface area (Å²) in [5, 5.41) is 0. The highest BCUT2D eigenvalue weighted by molar-refractivity contribution is 5.69. The Morgan fingerprint density at radius 3 is 1.81 bits per heavy atom. The number of carbonyl (C=O) groups excluding carboxylic acids is 1. The number of halogens is 2. The van der Waals surface area contributed by atoms with Crippen molar-refractivity contribution in [2.45, 2.75) is 32.3 Å². The van der Waals surface area contributed by atoms with Gasteiger partial charge < -0.3 is 14.2 Å². The third-order valence-electron chi connectivity index (χ3n) is 4.13. The van der Waals surface area contributed by atoms with Crippen molar-refractivity contribution in [1.29, 1.82) is 0 Å². The standard InChI is InChI=1S/C20H22F2O4/c1-5-19(23)26-12(2)20(15-10-13(21)6-8-17(15)24-3)16-11-14(22)7-9-18(16)25-4/h6-12,20H,5H2,1-4H3. The molecule has 2 rings (SSSR count). The van der Waals surface area contributed by atoms with Crippen LogP contribution in [0.25, 0.3) is 0 Å². The molecule has 26 heavy (non-hydrogen) atoms. The second kappa shape index (κ2) is 8.65. The molecule has 0 aliphatic heterocycles. The quantitative estimate of drug-likeness (QED) is 0.681. The molecule has 0 saturated heterocycles. The van der Waals surface area contributed by atoms with Crippen LogP contribution >= 0.6 is 0 Å². The second-order valence-electron chi connectivity index (χ2n) is 5.80. The fraction of sp³-hybridized carbons (Fsp3) is 0.350. The lowest BCUT2D eigenvalue weighted by molar-refractivity contribution is -0.148. The molecule has 0 aliphatic carbocycles. The van der Waals surface area contributed by atoms with Gasteiger partial charge in [-0.3, -0.25) is 4.79 Å². The maximum atomic E-state index is 13.9. The van der Waals surface area contributed by atoms with Crippen LogP contribution in [0.15, 0.2) is 36.4 Å². The van der Waals surface area contributed by atoms with Gasteiger partial charge in [0.25, 0.3) is 0 Å². The van der Waals surface area contributed by atoms with E-state index in [1.807, 2.05) is 0 Å². The highest BCUT2D eigenvalue weighted by atomic mass is 19.1. The number of hydrogen-bond acceptors (Lipinski definition) is 4. The molecule has 0 heterocycles. The number of ether oxygens (including phenoxy) is 3. The molecule has 0 aliphatic rings. The van der Waals surface area contributed by atoms with Gasteiger partial charge in [-0.05, 0) is 43.3 Å². The van der Waals surface area contributed by atoms with Crippen molar-refractivity contribution in [3.63, 3.8) is 0 Å². The first-order valence-electron chi connectivity index (χ1n) is 8.27. The van der Waals surface area contributed by atoms with E-state index in [1.165, 1.54) is 50.6 Å². The first-order chi connectivity index (χ1) is 12.4. The van der Waals surface area contributed by atoms with Gasteiger partial charge in [-0.15, -0.1) is 0 Å². The Hall–Kier alpha value is -2.63. The molecule has 6 heteroatoms. The van der Waals surface area contributed by atoms with Gasteiger partial charge in [0.2, 0.25) is 0 Å². The van der Waals surface area contributed by atoms with Crippen LogP contribution in [-0.2, 0) is 9.53 Å². The minimum Gasteiger partial charge on any atom is -0.496 e. The average Bonchev–Trinajstić information content (AvgIpc) is 2.62. The van der Waals surface area contributed by atoms with Crippen molar-refractivity contribution in [3.8, 4) is 11.5 Å². The molecule has 0 saturated carbocycles. The van der Waals surface area contributed by atoms with Crippen molar-refractivity contribution in [2.24, 2.45) is 0 Å². The van der Waals surface area contributed by atoms with E-state index in [-0.39, 0.29) is 6.42 Å². The summed E-state index contributed by atoms with van der Waals surface area (Å²) >= 11 is 0. The topological polar surface area (TPSA) is 44.8 Å². The largest absolute Gasteiger partial charge is 0.496 e. The Bertz CT molecular complexity index is 723. The van der Waals surface area contributed by atoms with Gasteiger partial charge in [-0.1, -0.05) is 6.92 Å². The predicted molar refractivity (Wildman–Crippen MR) is 93.6 cm³/mol. The number of rotatable bonds is 7. The summed E-state index contributed by atoms with van der Waals surface area (Å²) < 4.78 is 44.0. The SMILES string of the molecule is CCC(=O)OC(C)C(c1cc(F)ccc1OC)c1cc(F)ccc1OC. The van der Waals surface area contributed by atoms with Gasteiger partial charge >= 0.3 is 5.97 Å². The van der Waals surface area contributed by atoms with Crippen molar-refractivity contribution in [2.75, 3.05) is 14.2 Å². The molecule has 0 bridgehead atoms. The number of esters is 1. The van der Waals surface area contributed by atoms with E-state index in [1.54, 1.807) is 13.8 Å². The minimum absolute atomic E-state index is 0.192. The Morgan fingerprint density at radius 1 is 0.962 bits per heavy atom. The zero-order chi connectivity index (χ0) is 19.3. The van der Waals surface area contributed by atoms with E-state index >= 15 is 0 Å². The third-order valence-corrected chi connectivity index (χ3v) is 4.13. The number of hydrogen-bond donors (Lipinski definition) is 0. The molecule has 4 nitrogen and oxygen atoms in total. The summed E-state index contributed by atoms with van der Waals surface area (Å²) in [4.78, 5) is 11.8. The maximum absolute atomic E-state index is 13.9. The van der Waals surface area contributed by atoms with E-state index in [4.69, 9.17) is 14.2 Å². The molecule has 1 atom stereocenters. The van der Waals surface area contributed by atoms with Crippen LogP contribution < -0.4 is 9.47 Å². The van der Waals surface area contributed by atoms with Crippen LogP contribution in [0.2, 0.25) is 0 Å². The molecular formula is C20H22F2O4. The summed E-state index contributed by atoms with van der Waals surface area (Å²) in [5.74, 6) is -1.23. The number of methoxy groups -OCH3 is 2. The van der Waals surface area contributed by atoms with Crippen molar-refractivity contribution >= 4 is 5.97 Å². The molecule has 140 valence electrons. The average molecular weight is 364 g/mol. The molecule has 2 aromatic carbocycles. The molecule has 1 unspecified atom stereocenters. The molecule has 0 fully saturated rings. The van der Waals surface area contributed by atoms with Crippen LogP contribution in [0.4, 0.5) is 8.78 Å². The molecule has 0 radical (unpaired) electrons. The van der Waals surface area contributed by atoms with Crippen molar-refractivity contribution < 1.29 is 27.8 Å². The lowest BCUT2D eigenvalue weighted by Gasteiger charge is -2.27. The van der Waals surface area contributed by atoms with E-state index in [9.17, 15) is 13.6 Å². The second-order valence-corrected chi connectivity index (χ2v) is 5.80. The highest BCUT2D eigenvalue weighted by Gasteiger charge is 2.30. The van der Waals surface area contributed by atoms with E-state index < -0.39 is 29.6 Å². The third kappa shape index (κ3) is 4.31. The smallest absolute Gasteiger partial charge is 0.305 e. The Kier molecular flexibility index (Phi) is 6.55. The lowest BCUT2D eigenvalue weighted by atomic mass is 9.85. The van der Waals surface area contributed by atoms with Crippen LogP contribution in [0.5, 0.6) is 11.5 Å². The van der Waals surface area contributed by atoms with Crippen LogP contribution in [0.1, 0.15) is 37.3 Å². The van der Waals surface area contributed by atoms with Crippen molar-refractivity contribution in [3.05, 3.63) is 59.2 Å². The maximum Gasteiger partial charge on any atom is 0.305 e. The van der Waals surface area contributed by atoms with Crippen molar-refractivity contribution in [1.82, 2.24) is 0 Å². The van der Waals surface area contributed by atoms with Crippen LogP contribution in [0.3, 0.4) is 0 Å². The molecular weight excluding hydrogens is 342 g/mol. The normalized spacial score (nSPS) is 12.0. The number of carbonyl (C=O) groups is 1. The Morgan fingerprint density at radius 2 is 1.42 bits per heavy atom. The van der Waals surface area contributed by atoms with Gasteiger partial charge in [0.15, 0.2) is 0 Å². The summed E-state index contributed by atoms with van der Waals surface area (Å²) in [6.07, 6.45) is -0.508. The van der Waals surface area contributed by atoms with Gasteiger partial charge in [0.05, 0.1) is 20.1 Å². The van der Waals surface area contributed by atoms with Gasteiger partial charge in [0, 0.05) is 17.5 Å². The van der Waals surface area contributed by atoms with Gasteiger partial charge in [-0.2, -0.15) is 0 Å². The predicted octanol–water partition coefficient (Wildman–Crippen LogP) is 4.46. The monoisotopic (exact) mass is 364 g/mol. The van der Waals surface area contributed by atoms with Gasteiger partial charge in [0.1, 0.15) is 29.2 Å². The molecule has 0 N–H and O–H groups in total. The molecule has 0 amide bonds. The van der Waals surface area contributed by atoms with Gasteiger partial charge in [-0.25, -0.2) is 8.78 Å². The molecule has 0 spiro atoms. The highest BCUT2D eigenvalue weighted by Crippen LogP contribution is 2.40. The van der Waals surface area contributed by atoms with Crippen LogP contribution in [-0.4, -0.2) is 26.3 Å². The first kappa shape index (κ1) is 19.7. The molecule has 2 aromatic rings. The van der Waals surface area contributed by atoms with E-state index in [2.05, 4.69) is 0 Å². The molecule has 0 aromatic heterocycles. The summed E-state index contributed by atoms with van der Waals surface area (Å²) in [6.45, 7) is 3.35. The Labute approximate surface area is 151 Å². The van der Waals surface area contributed by atoms with E-state index in [0.717, 1.165) is 0 Å². The Balaban J connectivity index is 2.66.